The lowest BCUT2D eigenvalue weighted by Gasteiger charge is -2.32. The first kappa shape index (κ1) is 18.2. The molecular formula is C22H22N4O2S. The predicted octanol–water partition coefficient (Wildman–Crippen LogP) is 4.06. The van der Waals surface area contributed by atoms with Gasteiger partial charge in [0.2, 0.25) is 11.0 Å². The van der Waals surface area contributed by atoms with Crippen molar-refractivity contribution in [3.05, 3.63) is 53.0 Å². The second-order valence-electron chi connectivity index (χ2n) is 7.83. The molecule has 1 aromatic heterocycles. The van der Waals surface area contributed by atoms with Crippen LogP contribution in [-0.2, 0) is 4.79 Å². The van der Waals surface area contributed by atoms with Gasteiger partial charge >= 0.3 is 0 Å². The van der Waals surface area contributed by atoms with Gasteiger partial charge in [-0.25, -0.2) is 0 Å². The summed E-state index contributed by atoms with van der Waals surface area (Å²) >= 11 is 1.47. The van der Waals surface area contributed by atoms with E-state index in [1.165, 1.54) is 11.3 Å². The van der Waals surface area contributed by atoms with Crippen molar-refractivity contribution >= 4 is 39.1 Å². The van der Waals surface area contributed by atoms with E-state index in [2.05, 4.69) is 15.5 Å². The second-order valence-corrected chi connectivity index (χ2v) is 8.84. The Bertz CT molecular complexity index is 1070. The number of rotatable bonds is 4. The number of nitrogens with one attached hydrogen (secondary N) is 1. The van der Waals surface area contributed by atoms with Crippen LogP contribution in [0.3, 0.4) is 0 Å². The Morgan fingerprint density at radius 3 is 2.72 bits per heavy atom. The van der Waals surface area contributed by atoms with E-state index in [0.717, 1.165) is 41.5 Å². The Morgan fingerprint density at radius 2 is 1.86 bits per heavy atom. The molecule has 1 atom stereocenters. The average Bonchev–Trinajstić information content (AvgIpc) is 3.52. The van der Waals surface area contributed by atoms with E-state index in [-0.39, 0.29) is 17.7 Å². The first-order valence-corrected chi connectivity index (χ1v) is 10.9. The highest BCUT2D eigenvalue weighted by Crippen LogP contribution is 2.42. The van der Waals surface area contributed by atoms with Crippen LogP contribution in [0, 0.1) is 5.92 Å². The minimum atomic E-state index is -0.226. The molecule has 2 heterocycles. The molecule has 148 valence electrons. The van der Waals surface area contributed by atoms with Gasteiger partial charge in [0.25, 0.3) is 5.91 Å². The van der Waals surface area contributed by atoms with Gasteiger partial charge in [-0.3, -0.25) is 9.59 Å². The summed E-state index contributed by atoms with van der Waals surface area (Å²) < 4.78 is 0. The summed E-state index contributed by atoms with van der Waals surface area (Å²) in [7, 11) is 0. The molecule has 2 aromatic carbocycles. The third kappa shape index (κ3) is 3.74. The van der Waals surface area contributed by atoms with Crippen molar-refractivity contribution in [3.63, 3.8) is 0 Å². The number of hydrogen-bond donors (Lipinski definition) is 1. The van der Waals surface area contributed by atoms with Crippen molar-refractivity contribution in [1.82, 2.24) is 15.1 Å². The first-order valence-electron chi connectivity index (χ1n) is 10.1. The van der Waals surface area contributed by atoms with Crippen LogP contribution >= 0.6 is 11.3 Å². The molecule has 5 rings (SSSR count). The molecule has 7 heteroatoms. The Morgan fingerprint density at radius 1 is 1.03 bits per heavy atom. The van der Waals surface area contributed by atoms with Crippen LogP contribution < -0.4 is 5.32 Å². The fraction of sp³-hybridized carbons (Fsp3) is 0.364. The summed E-state index contributed by atoms with van der Waals surface area (Å²) in [5.74, 6) is 0.225. The summed E-state index contributed by atoms with van der Waals surface area (Å²) in [4.78, 5) is 27.8. The van der Waals surface area contributed by atoms with Gasteiger partial charge in [0.15, 0.2) is 0 Å². The van der Waals surface area contributed by atoms with Gasteiger partial charge in [-0.2, -0.15) is 0 Å². The normalized spacial score (nSPS) is 19.3. The van der Waals surface area contributed by atoms with E-state index in [0.29, 0.717) is 29.7 Å². The molecule has 6 nitrogen and oxygen atoms in total. The molecule has 1 unspecified atom stereocenters. The van der Waals surface area contributed by atoms with Crippen LogP contribution in [0.5, 0.6) is 0 Å². The van der Waals surface area contributed by atoms with Gasteiger partial charge in [-0.05, 0) is 42.5 Å². The third-order valence-electron chi connectivity index (χ3n) is 5.70. The molecule has 29 heavy (non-hydrogen) atoms. The molecule has 2 fully saturated rings. The molecule has 2 amide bonds. The SMILES string of the molecule is O=C(Nc1nnc(C2CC2)s1)C1CCCN(C(=O)c2cccc3ccccc23)C1. The molecular weight excluding hydrogens is 384 g/mol. The van der Waals surface area contributed by atoms with Gasteiger partial charge in [-0.1, -0.05) is 47.7 Å². The Balaban J connectivity index is 1.29. The molecule has 0 spiro atoms. The van der Waals surface area contributed by atoms with E-state index in [4.69, 9.17) is 0 Å². The van der Waals surface area contributed by atoms with Crippen molar-refractivity contribution in [2.24, 2.45) is 5.92 Å². The van der Waals surface area contributed by atoms with Crippen molar-refractivity contribution in [3.8, 4) is 0 Å². The zero-order chi connectivity index (χ0) is 19.8. The number of carbonyl (C=O) groups is 2. The lowest BCUT2D eigenvalue weighted by atomic mass is 9.95. The van der Waals surface area contributed by atoms with E-state index in [1.807, 2.05) is 47.4 Å². The quantitative estimate of drug-likeness (QED) is 0.709. The van der Waals surface area contributed by atoms with Crippen LogP contribution in [0.1, 0.15) is 47.0 Å². The predicted molar refractivity (Wildman–Crippen MR) is 113 cm³/mol. The molecule has 0 bridgehead atoms. The fourth-order valence-electron chi connectivity index (χ4n) is 3.95. The monoisotopic (exact) mass is 406 g/mol. The van der Waals surface area contributed by atoms with E-state index in [1.54, 1.807) is 0 Å². The van der Waals surface area contributed by atoms with Gasteiger partial charge in [-0.15, -0.1) is 10.2 Å². The molecule has 3 aromatic rings. The van der Waals surface area contributed by atoms with Crippen molar-refractivity contribution in [2.45, 2.75) is 31.6 Å². The third-order valence-corrected chi connectivity index (χ3v) is 6.70. The molecule has 1 aliphatic carbocycles. The number of nitrogens with zero attached hydrogens (tertiary/aromatic N) is 3. The Hall–Kier alpha value is -2.80. The van der Waals surface area contributed by atoms with Crippen LogP contribution in [0.2, 0.25) is 0 Å². The smallest absolute Gasteiger partial charge is 0.254 e. The number of fused-ring (bicyclic) bond motifs is 1. The van der Waals surface area contributed by atoms with Gasteiger partial charge in [0.1, 0.15) is 5.01 Å². The van der Waals surface area contributed by atoms with Crippen molar-refractivity contribution < 1.29 is 9.59 Å². The van der Waals surface area contributed by atoms with Gasteiger partial charge in [0, 0.05) is 24.6 Å². The Labute approximate surface area is 172 Å². The minimum absolute atomic E-state index is 0.00812. The highest BCUT2D eigenvalue weighted by atomic mass is 32.1. The standard InChI is InChI=1S/C22H22N4O2S/c27-19(23-22-25-24-20(29-22)15-10-11-15)16-7-4-12-26(13-16)21(28)18-9-3-6-14-5-1-2-8-17(14)18/h1-3,5-6,8-9,15-16H,4,7,10-13H2,(H,23,25,27). The number of hydrogen-bond acceptors (Lipinski definition) is 5. The van der Waals surface area contributed by atoms with E-state index in [9.17, 15) is 9.59 Å². The highest BCUT2D eigenvalue weighted by molar-refractivity contribution is 7.15. The molecule has 1 saturated heterocycles. The summed E-state index contributed by atoms with van der Waals surface area (Å²) in [5.41, 5.74) is 0.697. The van der Waals surface area contributed by atoms with E-state index < -0.39 is 0 Å². The average molecular weight is 407 g/mol. The maximum Gasteiger partial charge on any atom is 0.254 e. The first-order chi connectivity index (χ1) is 14.2. The number of benzene rings is 2. The number of amides is 2. The minimum Gasteiger partial charge on any atom is -0.338 e. The molecule has 1 saturated carbocycles. The summed E-state index contributed by atoms with van der Waals surface area (Å²) in [6, 6.07) is 13.7. The highest BCUT2D eigenvalue weighted by Gasteiger charge is 2.31. The van der Waals surface area contributed by atoms with Crippen LogP contribution in [-0.4, -0.2) is 40.0 Å². The number of piperidine rings is 1. The second kappa shape index (κ2) is 7.55. The maximum atomic E-state index is 13.2. The molecule has 1 aliphatic heterocycles. The Kier molecular flexibility index (Phi) is 4.75. The topological polar surface area (TPSA) is 75.2 Å². The van der Waals surface area contributed by atoms with Crippen molar-refractivity contribution in [1.29, 1.82) is 0 Å². The zero-order valence-electron chi connectivity index (χ0n) is 16.0. The fourth-order valence-corrected chi connectivity index (χ4v) is 4.86. The van der Waals surface area contributed by atoms with Crippen LogP contribution in [0.15, 0.2) is 42.5 Å². The molecule has 0 radical (unpaired) electrons. The van der Waals surface area contributed by atoms with Gasteiger partial charge < -0.3 is 10.2 Å². The lowest BCUT2D eigenvalue weighted by Crippen LogP contribution is -2.43. The summed E-state index contributed by atoms with van der Waals surface area (Å²) in [5, 5.41) is 14.8. The molecule has 1 N–H and O–H groups in total. The number of anilines is 1. The maximum absolute atomic E-state index is 13.2. The number of carbonyl (C=O) groups excluding carboxylic acids is 2. The van der Waals surface area contributed by atoms with Crippen LogP contribution in [0.4, 0.5) is 5.13 Å². The number of aromatic nitrogens is 2. The van der Waals surface area contributed by atoms with Gasteiger partial charge in [0.05, 0.1) is 5.92 Å². The van der Waals surface area contributed by atoms with Crippen LogP contribution in [0.25, 0.3) is 10.8 Å². The summed E-state index contributed by atoms with van der Waals surface area (Å²) in [6.45, 7) is 1.11. The molecule has 2 aliphatic rings. The van der Waals surface area contributed by atoms with Crippen molar-refractivity contribution in [2.75, 3.05) is 18.4 Å². The lowest BCUT2D eigenvalue weighted by molar-refractivity contribution is -0.121. The van der Waals surface area contributed by atoms with E-state index >= 15 is 0 Å². The summed E-state index contributed by atoms with van der Waals surface area (Å²) in [6.07, 6.45) is 3.92. The zero-order valence-corrected chi connectivity index (χ0v) is 16.8. The number of likely N-dealkylation sites (tertiary alicyclic amines) is 1. The largest absolute Gasteiger partial charge is 0.338 e.